The fraction of sp³-hybridized carbons (Fsp3) is 0.714. The van der Waals surface area contributed by atoms with E-state index in [0.29, 0.717) is 16.1 Å². The van der Waals surface area contributed by atoms with E-state index in [4.69, 9.17) is 4.74 Å². The zero-order valence-corrected chi connectivity index (χ0v) is 7.41. The highest BCUT2D eigenvalue weighted by Gasteiger charge is 2.41. The number of rotatable bonds is 0. The van der Waals surface area contributed by atoms with Gasteiger partial charge in [0.1, 0.15) is 0 Å². The van der Waals surface area contributed by atoms with Crippen LogP contribution in [0.15, 0.2) is 12.2 Å². The van der Waals surface area contributed by atoms with Crippen LogP contribution in [0.1, 0.15) is 6.92 Å². The molecule has 0 aromatic carbocycles. The van der Waals surface area contributed by atoms with Crippen LogP contribution in [-0.4, -0.2) is 16.1 Å². The quantitative estimate of drug-likeness (QED) is 0.354. The highest BCUT2D eigenvalue weighted by Crippen LogP contribution is 2.38. The third kappa shape index (κ3) is 0.759. The largest absolute Gasteiger partial charge is 0.365 e. The average Bonchev–Trinajstić information content (AvgIpc) is 2.37. The fourth-order valence-corrected chi connectivity index (χ4v) is 2.27. The second-order valence-corrected chi connectivity index (χ2v) is 4.19. The molecule has 0 saturated carbocycles. The molecule has 0 aliphatic carbocycles. The van der Waals surface area contributed by atoms with Crippen molar-refractivity contribution in [1.29, 1.82) is 0 Å². The van der Waals surface area contributed by atoms with Crippen molar-refractivity contribution in [3.05, 3.63) is 12.2 Å². The van der Waals surface area contributed by atoms with Gasteiger partial charge in [-0.1, -0.05) is 41.7 Å². The Labute approximate surface area is 68.6 Å². The molecule has 0 amide bonds. The van der Waals surface area contributed by atoms with Crippen molar-refractivity contribution in [3.8, 4) is 0 Å². The van der Waals surface area contributed by atoms with Gasteiger partial charge in [0.05, 0.1) is 12.2 Å². The molecule has 2 rings (SSSR count). The number of halogens is 1. The van der Waals surface area contributed by atoms with E-state index >= 15 is 0 Å². The van der Waals surface area contributed by atoms with Crippen LogP contribution in [0.25, 0.3) is 0 Å². The van der Waals surface area contributed by atoms with Gasteiger partial charge in [-0.15, -0.1) is 0 Å². The summed E-state index contributed by atoms with van der Waals surface area (Å²) in [6, 6.07) is 0. The van der Waals surface area contributed by atoms with Crippen LogP contribution in [0.3, 0.4) is 0 Å². The Bertz CT molecular complexity index is 139. The van der Waals surface area contributed by atoms with E-state index in [0.717, 1.165) is 5.92 Å². The predicted molar refractivity (Wildman–Crippen MR) is 44.8 cm³/mol. The molecule has 1 nitrogen and oxygen atoms in total. The van der Waals surface area contributed by atoms with Crippen LogP contribution < -0.4 is 0 Å². The summed E-state index contributed by atoms with van der Waals surface area (Å²) in [6.45, 7) is 2.26. The van der Waals surface area contributed by atoms with Crippen LogP contribution in [-0.2, 0) is 4.74 Å². The molecule has 0 N–H and O–H groups in total. The fourth-order valence-electron chi connectivity index (χ4n) is 1.45. The number of alkyl halides is 1. The molecule has 0 radical (unpaired) electrons. The van der Waals surface area contributed by atoms with Gasteiger partial charge in [-0.25, -0.2) is 0 Å². The zero-order valence-electron chi connectivity index (χ0n) is 5.25. The Morgan fingerprint density at radius 2 is 2.00 bits per heavy atom. The highest BCUT2D eigenvalue weighted by molar-refractivity contribution is 14.1. The minimum absolute atomic E-state index is 0.422. The summed E-state index contributed by atoms with van der Waals surface area (Å²) >= 11 is 2.47. The van der Waals surface area contributed by atoms with Crippen LogP contribution >= 0.6 is 22.6 Å². The molecule has 9 heavy (non-hydrogen) atoms. The maximum atomic E-state index is 5.58. The third-order valence-corrected chi connectivity index (χ3v) is 3.98. The van der Waals surface area contributed by atoms with E-state index in [1.165, 1.54) is 0 Å². The lowest BCUT2D eigenvalue weighted by Crippen LogP contribution is -2.20. The molecule has 2 bridgehead atoms. The van der Waals surface area contributed by atoms with Gasteiger partial charge in [-0.2, -0.15) is 0 Å². The molecule has 0 spiro atoms. The molecule has 1 fully saturated rings. The molecular formula is C7H9IO. The molecule has 0 aromatic heterocycles. The molecular weight excluding hydrogens is 227 g/mol. The average molecular weight is 236 g/mol. The molecule has 2 aliphatic heterocycles. The molecule has 0 aromatic rings. The highest BCUT2D eigenvalue weighted by atomic mass is 127. The molecule has 1 saturated heterocycles. The first kappa shape index (κ1) is 6.16. The minimum atomic E-state index is 0.422. The monoisotopic (exact) mass is 236 g/mol. The summed E-state index contributed by atoms with van der Waals surface area (Å²) < 4.78 is 6.28. The molecule has 2 heterocycles. The molecule has 50 valence electrons. The first-order valence-electron chi connectivity index (χ1n) is 3.27. The summed E-state index contributed by atoms with van der Waals surface area (Å²) in [6.07, 6.45) is 5.22. The Balaban J connectivity index is 2.26. The van der Waals surface area contributed by atoms with Crippen molar-refractivity contribution >= 4 is 22.6 Å². The lowest BCUT2D eigenvalue weighted by atomic mass is 9.97. The zero-order chi connectivity index (χ0) is 6.43. The van der Waals surface area contributed by atoms with Crippen molar-refractivity contribution in [2.24, 2.45) is 5.92 Å². The standard InChI is InChI=1S/C7H9IO/c1-4-5-2-3-6(9-5)7(4)8/h2-7H,1H3. The van der Waals surface area contributed by atoms with Crippen molar-refractivity contribution < 1.29 is 4.74 Å². The molecule has 2 heteroatoms. The van der Waals surface area contributed by atoms with Crippen molar-refractivity contribution in [1.82, 2.24) is 0 Å². The first-order valence-corrected chi connectivity index (χ1v) is 4.51. The summed E-state index contributed by atoms with van der Waals surface area (Å²) in [4.78, 5) is 0. The number of hydrogen-bond acceptors (Lipinski definition) is 1. The smallest absolute Gasteiger partial charge is 0.0886 e. The van der Waals surface area contributed by atoms with Crippen LogP contribution in [0.4, 0.5) is 0 Å². The Morgan fingerprint density at radius 1 is 1.33 bits per heavy atom. The summed E-state index contributed by atoms with van der Waals surface area (Å²) in [7, 11) is 0. The maximum Gasteiger partial charge on any atom is 0.0886 e. The van der Waals surface area contributed by atoms with Crippen molar-refractivity contribution in [2.45, 2.75) is 23.1 Å². The van der Waals surface area contributed by atoms with Gasteiger partial charge in [-0.05, 0) is 0 Å². The number of fused-ring (bicyclic) bond motifs is 2. The second-order valence-electron chi connectivity index (χ2n) is 2.75. The van der Waals surface area contributed by atoms with E-state index in [9.17, 15) is 0 Å². The molecule has 4 unspecified atom stereocenters. The number of hydrogen-bond donors (Lipinski definition) is 0. The summed E-state index contributed by atoms with van der Waals surface area (Å²) in [5.41, 5.74) is 0. The van der Waals surface area contributed by atoms with Crippen LogP contribution in [0, 0.1) is 5.92 Å². The van der Waals surface area contributed by atoms with E-state index in [2.05, 4.69) is 41.7 Å². The third-order valence-electron chi connectivity index (χ3n) is 2.14. The number of ether oxygens (including phenoxy) is 1. The summed E-state index contributed by atoms with van der Waals surface area (Å²) in [5.74, 6) is 0.723. The Morgan fingerprint density at radius 3 is 2.33 bits per heavy atom. The topological polar surface area (TPSA) is 9.23 Å². The van der Waals surface area contributed by atoms with Gasteiger partial charge < -0.3 is 4.74 Å². The normalized spacial score (nSPS) is 54.9. The Kier molecular flexibility index (Phi) is 1.34. The van der Waals surface area contributed by atoms with Gasteiger partial charge in [0.2, 0.25) is 0 Å². The first-order chi connectivity index (χ1) is 4.29. The molecule has 2 aliphatic rings. The maximum absolute atomic E-state index is 5.58. The Hall–Kier alpha value is 0.430. The van der Waals surface area contributed by atoms with Gasteiger partial charge >= 0.3 is 0 Å². The summed E-state index contributed by atoms with van der Waals surface area (Å²) in [5, 5.41) is 0. The van der Waals surface area contributed by atoms with Crippen LogP contribution in [0.2, 0.25) is 0 Å². The van der Waals surface area contributed by atoms with E-state index < -0.39 is 0 Å². The van der Waals surface area contributed by atoms with Gasteiger partial charge in [0.25, 0.3) is 0 Å². The lowest BCUT2D eigenvalue weighted by molar-refractivity contribution is 0.112. The predicted octanol–water partition coefficient (Wildman–Crippen LogP) is 1.76. The van der Waals surface area contributed by atoms with E-state index in [1.807, 2.05) is 0 Å². The van der Waals surface area contributed by atoms with Crippen molar-refractivity contribution in [2.75, 3.05) is 0 Å². The van der Waals surface area contributed by atoms with Gasteiger partial charge in [-0.3, -0.25) is 0 Å². The van der Waals surface area contributed by atoms with Crippen molar-refractivity contribution in [3.63, 3.8) is 0 Å². The second kappa shape index (κ2) is 1.95. The SMILES string of the molecule is CC1C2C=CC(O2)C1I. The van der Waals surface area contributed by atoms with Gasteiger partial charge in [0.15, 0.2) is 0 Å². The van der Waals surface area contributed by atoms with Crippen LogP contribution in [0.5, 0.6) is 0 Å². The lowest BCUT2D eigenvalue weighted by Gasteiger charge is -2.13. The molecule has 4 atom stereocenters. The van der Waals surface area contributed by atoms with E-state index in [1.54, 1.807) is 0 Å². The minimum Gasteiger partial charge on any atom is -0.365 e. The van der Waals surface area contributed by atoms with E-state index in [-0.39, 0.29) is 0 Å². The van der Waals surface area contributed by atoms with Gasteiger partial charge in [0, 0.05) is 9.84 Å².